The summed E-state index contributed by atoms with van der Waals surface area (Å²) in [5, 5.41) is 9.24. The summed E-state index contributed by atoms with van der Waals surface area (Å²) in [6.07, 6.45) is 1.49. The van der Waals surface area contributed by atoms with Crippen LogP contribution >= 0.6 is 15.9 Å². The number of benzene rings is 1. The van der Waals surface area contributed by atoms with Crippen LogP contribution in [0.4, 0.5) is 4.39 Å². The number of aliphatic hydroxyl groups is 1. The van der Waals surface area contributed by atoms with Crippen molar-refractivity contribution in [3.8, 4) is 0 Å². The molecule has 1 aromatic rings. The molecule has 0 radical (unpaired) electrons. The number of ketones is 1. The maximum Gasteiger partial charge on any atom is 0.201 e. The quantitative estimate of drug-likeness (QED) is 0.858. The Morgan fingerprint density at radius 1 is 1.25 bits per heavy atom. The molecular weight excluding hydrogens is 275 g/mol. The fourth-order valence-corrected chi connectivity index (χ4v) is 2.10. The summed E-state index contributed by atoms with van der Waals surface area (Å²) >= 11 is 3.28. The molecule has 2 nitrogen and oxygen atoms in total. The Morgan fingerprint density at radius 3 is 2.50 bits per heavy atom. The summed E-state index contributed by atoms with van der Waals surface area (Å²) in [6.45, 7) is 0. The van der Waals surface area contributed by atoms with Crippen molar-refractivity contribution >= 4 is 27.3 Å². The van der Waals surface area contributed by atoms with Gasteiger partial charge in [0.2, 0.25) is 5.78 Å². The molecule has 2 rings (SSSR count). The lowest BCUT2D eigenvalue weighted by atomic mass is 9.96. The van der Waals surface area contributed by atoms with Gasteiger partial charge >= 0.3 is 0 Å². The first kappa shape index (κ1) is 11.1. The topological polar surface area (TPSA) is 37.3 Å². The number of allylic oxidation sites excluding steroid dienone is 4. The number of carbonyl (C=O) groups excluding carboxylic acids is 1. The molecule has 0 aliphatic heterocycles. The minimum absolute atomic E-state index is 0.120. The zero-order valence-corrected chi connectivity index (χ0v) is 9.79. The van der Waals surface area contributed by atoms with Crippen molar-refractivity contribution in [1.82, 2.24) is 0 Å². The highest BCUT2D eigenvalue weighted by Gasteiger charge is 2.20. The van der Waals surface area contributed by atoms with E-state index in [1.165, 1.54) is 18.2 Å². The van der Waals surface area contributed by atoms with Gasteiger partial charge in [0.1, 0.15) is 5.82 Å². The van der Waals surface area contributed by atoms with Gasteiger partial charge < -0.3 is 5.11 Å². The Kier molecular flexibility index (Phi) is 2.92. The molecule has 0 spiro atoms. The highest BCUT2D eigenvalue weighted by Crippen LogP contribution is 2.32. The van der Waals surface area contributed by atoms with Crippen molar-refractivity contribution in [3.05, 3.63) is 52.0 Å². The summed E-state index contributed by atoms with van der Waals surface area (Å²) in [6, 6.07) is 5.89. The fraction of sp³-hybridized carbons (Fsp3) is 0.0833. The Balaban J connectivity index is 2.45. The molecule has 0 atom stereocenters. The van der Waals surface area contributed by atoms with Crippen LogP contribution in [-0.4, -0.2) is 10.9 Å². The molecule has 0 saturated heterocycles. The smallest absolute Gasteiger partial charge is 0.201 e. The first-order valence-electron chi connectivity index (χ1n) is 4.66. The van der Waals surface area contributed by atoms with E-state index in [9.17, 15) is 14.3 Å². The second kappa shape index (κ2) is 4.22. The lowest BCUT2D eigenvalue weighted by molar-refractivity contribution is -0.117. The zero-order chi connectivity index (χ0) is 11.7. The summed E-state index contributed by atoms with van der Waals surface area (Å²) in [5.41, 5.74) is 1.52. The van der Waals surface area contributed by atoms with Crippen LogP contribution in [0.2, 0.25) is 0 Å². The monoisotopic (exact) mass is 282 g/mol. The van der Waals surface area contributed by atoms with E-state index in [0.717, 1.165) is 11.1 Å². The van der Waals surface area contributed by atoms with Gasteiger partial charge in [-0.1, -0.05) is 28.1 Å². The van der Waals surface area contributed by atoms with Gasteiger partial charge in [-0.3, -0.25) is 4.79 Å². The van der Waals surface area contributed by atoms with Gasteiger partial charge in [0.15, 0.2) is 5.76 Å². The van der Waals surface area contributed by atoms with E-state index in [2.05, 4.69) is 15.9 Å². The summed E-state index contributed by atoms with van der Waals surface area (Å²) in [7, 11) is 0. The molecule has 4 heteroatoms. The van der Waals surface area contributed by atoms with Crippen LogP contribution in [0.25, 0.3) is 5.57 Å². The normalized spacial score (nSPS) is 16.4. The van der Waals surface area contributed by atoms with Crippen LogP contribution < -0.4 is 0 Å². The third-order valence-corrected chi connectivity index (χ3v) is 3.07. The molecule has 1 aromatic carbocycles. The van der Waals surface area contributed by atoms with Gasteiger partial charge in [-0.15, -0.1) is 0 Å². The van der Waals surface area contributed by atoms with Crippen LogP contribution in [0.15, 0.2) is 40.6 Å². The number of carbonyl (C=O) groups is 1. The van der Waals surface area contributed by atoms with Gasteiger partial charge in [0, 0.05) is 10.9 Å². The Morgan fingerprint density at radius 2 is 1.88 bits per heavy atom. The third-order valence-electron chi connectivity index (χ3n) is 2.37. The first-order valence-corrected chi connectivity index (χ1v) is 5.45. The Hall–Kier alpha value is -1.42. The maximum atomic E-state index is 12.7. The second-order valence-electron chi connectivity index (χ2n) is 3.46. The molecule has 82 valence electrons. The predicted octanol–water partition coefficient (Wildman–Crippen LogP) is 3.35. The van der Waals surface area contributed by atoms with Crippen LogP contribution in [0.1, 0.15) is 12.0 Å². The van der Waals surface area contributed by atoms with Crippen molar-refractivity contribution in [2.75, 3.05) is 0 Å². The van der Waals surface area contributed by atoms with E-state index < -0.39 is 0 Å². The van der Waals surface area contributed by atoms with Crippen molar-refractivity contribution in [2.45, 2.75) is 6.42 Å². The van der Waals surface area contributed by atoms with Crippen molar-refractivity contribution < 1.29 is 14.3 Å². The summed E-state index contributed by atoms with van der Waals surface area (Å²) < 4.78 is 13.4. The van der Waals surface area contributed by atoms with Crippen molar-refractivity contribution in [2.24, 2.45) is 0 Å². The zero-order valence-electron chi connectivity index (χ0n) is 8.21. The molecule has 0 heterocycles. The number of halogens is 2. The van der Waals surface area contributed by atoms with E-state index >= 15 is 0 Å². The SMILES string of the molecule is O=C1CC(c2ccc(F)cc2)=C(Br)C=C1O. The molecule has 16 heavy (non-hydrogen) atoms. The average Bonchev–Trinajstić information content (AvgIpc) is 2.25. The number of rotatable bonds is 1. The van der Waals surface area contributed by atoms with E-state index in [4.69, 9.17) is 0 Å². The van der Waals surface area contributed by atoms with Crippen molar-refractivity contribution in [1.29, 1.82) is 0 Å². The molecule has 0 fully saturated rings. The fourth-order valence-electron chi connectivity index (χ4n) is 1.51. The minimum atomic E-state index is -0.331. The summed E-state index contributed by atoms with van der Waals surface area (Å²) in [4.78, 5) is 11.3. The van der Waals surface area contributed by atoms with E-state index in [0.29, 0.717) is 4.48 Å². The summed E-state index contributed by atoms with van der Waals surface area (Å²) in [5.74, 6) is -0.902. The standard InChI is InChI=1S/C12H8BrFO2/c13-10-6-12(16)11(15)5-9(10)7-1-3-8(14)4-2-7/h1-4,6,16H,5H2. The van der Waals surface area contributed by atoms with E-state index in [1.807, 2.05) is 0 Å². The van der Waals surface area contributed by atoms with Crippen LogP contribution in [-0.2, 0) is 4.79 Å². The first-order chi connectivity index (χ1) is 7.58. The van der Waals surface area contributed by atoms with Gasteiger partial charge in [-0.05, 0) is 29.3 Å². The minimum Gasteiger partial charge on any atom is -0.504 e. The molecule has 1 aliphatic carbocycles. The number of Topliss-reactive ketones (excluding diaryl/α,β-unsaturated/α-hetero) is 1. The van der Waals surface area contributed by atoms with Gasteiger partial charge in [0.05, 0.1) is 0 Å². The number of hydrogen-bond donors (Lipinski definition) is 1. The number of hydrogen-bond acceptors (Lipinski definition) is 2. The molecule has 0 bridgehead atoms. The highest BCUT2D eigenvalue weighted by atomic mass is 79.9. The Bertz CT molecular complexity index is 500. The molecule has 0 saturated carbocycles. The lowest BCUT2D eigenvalue weighted by Crippen LogP contribution is -2.08. The average molecular weight is 283 g/mol. The molecule has 1 N–H and O–H groups in total. The predicted molar refractivity (Wildman–Crippen MR) is 62.6 cm³/mol. The second-order valence-corrected chi connectivity index (χ2v) is 4.32. The Labute approximate surface area is 100 Å². The van der Waals surface area contributed by atoms with E-state index in [-0.39, 0.29) is 23.8 Å². The van der Waals surface area contributed by atoms with Gasteiger partial charge in [0.25, 0.3) is 0 Å². The molecule has 0 unspecified atom stereocenters. The molecule has 1 aliphatic rings. The van der Waals surface area contributed by atoms with Gasteiger partial charge in [-0.2, -0.15) is 0 Å². The molecule has 0 amide bonds. The van der Waals surface area contributed by atoms with Crippen LogP contribution in [0, 0.1) is 5.82 Å². The van der Waals surface area contributed by atoms with Crippen LogP contribution in [0.5, 0.6) is 0 Å². The third kappa shape index (κ3) is 2.07. The van der Waals surface area contributed by atoms with Crippen LogP contribution in [0.3, 0.4) is 0 Å². The lowest BCUT2D eigenvalue weighted by Gasteiger charge is -2.13. The van der Waals surface area contributed by atoms with E-state index in [1.54, 1.807) is 12.1 Å². The maximum absolute atomic E-state index is 12.7. The molecule has 0 aromatic heterocycles. The highest BCUT2D eigenvalue weighted by molar-refractivity contribution is 9.12. The van der Waals surface area contributed by atoms with Gasteiger partial charge in [-0.25, -0.2) is 4.39 Å². The largest absolute Gasteiger partial charge is 0.504 e. The molecular formula is C12H8BrFO2. The van der Waals surface area contributed by atoms with Crippen molar-refractivity contribution in [3.63, 3.8) is 0 Å². The number of aliphatic hydroxyl groups excluding tert-OH is 1.